The summed E-state index contributed by atoms with van der Waals surface area (Å²) in [6.45, 7) is 2.81. The molecule has 100 valence electrons. The van der Waals surface area contributed by atoms with Crippen LogP contribution in [0.25, 0.3) is 0 Å². The van der Waals surface area contributed by atoms with Crippen LogP contribution in [0.1, 0.15) is 13.3 Å². The Balaban J connectivity index is 2.76. The minimum atomic E-state index is -0.530. The van der Waals surface area contributed by atoms with Crippen molar-refractivity contribution in [1.82, 2.24) is 14.9 Å². The smallest absolute Gasteiger partial charge is 0.329 e. The molecular weight excluding hydrogens is 258 g/mol. The maximum Gasteiger partial charge on any atom is 0.329 e. The van der Waals surface area contributed by atoms with Crippen molar-refractivity contribution < 1.29 is 4.92 Å². The lowest BCUT2D eigenvalue weighted by atomic mass is 10.2. The van der Waals surface area contributed by atoms with Gasteiger partial charge in [-0.1, -0.05) is 0 Å². The first-order valence-electron chi connectivity index (χ1n) is 5.48. The number of hydrogen-bond acceptors (Lipinski definition) is 6. The van der Waals surface area contributed by atoms with E-state index in [-0.39, 0.29) is 22.8 Å². The minimum absolute atomic E-state index is 0.0112. The molecule has 1 unspecified atom stereocenters. The van der Waals surface area contributed by atoms with E-state index in [2.05, 4.69) is 15.3 Å². The van der Waals surface area contributed by atoms with E-state index >= 15 is 0 Å². The number of anilines is 1. The van der Waals surface area contributed by atoms with Gasteiger partial charge in [0.25, 0.3) is 0 Å². The fourth-order valence-corrected chi connectivity index (χ4v) is 1.48. The van der Waals surface area contributed by atoms with Crippen LogP contribution in [0.2, 0.25) is 5.28 Å². The number of aromatic nitrogens is 2. The first-order valence-corrected chi connectivity index (χ1v) is 5.86. The molecule has 0 radical (unpaired) electrons. The Morgan fingerprint density at radius 1 is 1.61 bits per heavy atom. The fourth-order valence-electron chi connectivity index (χ4n) is 1.35. The topological polar surface area (TPSA) is 84.2 Å². The molecule has 1 aromatic heterocycles. The molecule has 7 nitrogen and oxygen atoms in total. The zero-order valence-electron chi connectivity index (χ0n) is 10.6. The predicted octanol–water partition coefficient (Wildman–Crippen LogP) is 1.79. The van der Waals surface area contributed by atoms with Crippen LogP contribution < -0.4 is 5.32 Å². The standard InChI is InChI=1S/C10H16ClN5O2/c1-7(4-5-15(2)3)13-9-8(16(17)18)6-12-10(11)14-9/h6-7H,4-5H2,1-3H3,(H,12,13,14). The van der Waals surface area contributed by atoms with Gasteiger partial charge in [0.1, 0.15) is 6.20 Å². The van der Waals surface area contributed by atoms with Crippen molar-refractivity contribution in [3.63, 3.8) is 0 Å². The molecule has 0 amide bonds. The van der Waals surface area contributed by atoms with Crippen LogP contribution in [0.3, 0.4) is 0 Å². The van der Waals surface area contributed by atoms with Crippen molar-refractivity contribution in [1.29, 1.82) is 0 Å². The van der Waals surface area contributed by atoms with Gasteiger partial charge < -0.3 is 10.2 Å². The first-order chi connectivity index (χ1) is 8.40. The third-order valence-corrected chi connectivity index (χ3v) is 2.51. The largest absolute Gasteiger partial charge is 0.362 e. The van der Waals surface area contributed by atoms with Gasteiger partial charge in [-0.2, -0.15) is 4.98 Å². The monoisotopic (exact) mass is 273 g/mol. The van der Waals surface area contributed by atoms with Gasteiger partial charge in [-0.3, -0.25) is 10.1 Å². The zero-order chi connectivity index (χ0) is 13.7. The molecule has 0 bridgehead atoms. The molecule has 8 heteroatoms. The fraction of sp³-hybridized carbons (Fsp3) is 0.600. The van der Waals surface area contributed by atoms with Crippen LogP contribution in [-0.2, 0) is 0 Å². The average molecular weight is 274 g/mol. The van der Waals surface area contributed by atoms with Crippen molar-refractivity contribution >= 4 is 23.1 Å². The minimum Gasteiger partial charge on any atom is -0.362 e. The maximum absolute atomic E-state index is 10.8. The van der Waals surface area contributed by atoms with Crippen molar-refractivity contribution in [2.24, 2.45) is 0 Å². The van der Waals surface area contributed by atoms with Crippen molar-refractivity contribution in [2.45, 2.75) is 19.4 Å². The van der Waals surface area contributed by atoms with Gasteiger partial charge in [-0.15, -0.1) is 0 Å². The van der Waals surface area contributed by atoms with E-state index in [4.69, 9.17) is 11.6 Å². The Bertz CT molecular complexity index is 427. The molecule has 0 aliphatic rings. The molecule has 18 heavy (non-hydrogen) atoms. The summed E-state index contributed by atoms with van der Waals surface area (Å²) in [5.74, 6) is 0.159. The number of halogens is 1. The molecule has 0 saturated heterocycles. The highest BCUT2D eigenvalue weighted by Gasteiger charge is 2.18. The third kappa shape index (κ3) is 4.42. The lowest BCUT2D eigenvalue weighted by Crippen LogP contribution is -2.23. The molecule has 0 spiro atoms. The molecule has 1 heterocycles. The average Bonchev–Trinajstić information content (AvgIpc) is 2.26. The normalized spacial score (nSPS) is 12.5. The van der Waals surface area contributed by atoms with Crippen molar-refractivity contribution in [2.75, 3.05) is 26.0 Å². The summed E-state index contributed by atoms with van der Waals surface area (Å²) in [6.07, 6.45) is 1.95. The highest BCUT2D eigenvalue weighted by molar-refractivity contribution is 6.28. The number of nitro groups is 1. The van der Waals surface area contributed by atoms with Crippen LogP contribution in [0.5, 0.6) is 0 Å². The van der Waals surface area contributed by atoms with Crippen LogP contribution in [0, 0.1) is 10.1 Å². The second-order valence-corrected chi connectivity index (χ2v) is 4.61. The van der Waals surface area contributed by atoms with Crippen LogP contribution >= 0.6 is 11.6 Å². The summed E-state index contributed by atoms with van der Waals surface area (Å²) in [7, 11) is 3.94. The van der Waals surface area contributed by atoms with E-state index in [0.29, 0.717) is 0 Å². The molecule has 1 N–H and O–H groups in total. The lowest BCUT2D eigenvalue weighted by Gasteiger charge is -2.16. The number of nitrogens with one attached hydrogen (secondary N) is 1. The highest BCUT2D eigenvalue weighted by Crippen LogP contribution is 2.22. The lowest BCUT2D eigenvalue weighted by molar-refractivity contribution is -0.384. The summed E-state index contributed by atoms with van der Waals surface area (Å²) in [6, 6.07) is 0.0528. The summed E-state index contributed by atoms with van der Waals surface area (Å²) in [5.41, 5.74) is -0.170. The first kappa shape index (κ1) is 14.6. The van der Waals surface area contributed by atoms with E-state index < -0.39 is 4.92 Å². The molecule has 0 fully saturated rings. The third-order valence-electron chi connectivity index (χ3n) is 2.33. The SMILES string of the molecule is CC(CCN(C)C)Nc1nc(Cl)ncc1[N+](=O)[O-]. The van der Waals surface area contributed by atoms with E-state index in [9.17, 15) is 10.1 Å². The summed E-state index contributed by atoms with van der Waals surface area (Å²) in [5, 5.41) is 13.8. The van der Waals surface area contributed by atoms with Gasteiger partial charge >= 0.3 is 5.69 Å². The Morgan fingerprint density at radius 3 is 2.83 bits per heavy atom. The van der Waals surface area contributed by atoms with Gasteiger partial charge in [-0.05, 0) is 45.6 Å². The molecule has 1 rings (SSSR count). The summed E-state index contributed by atoms with van der Waals surface area (Å²) in [4.78, 5) is 19.8. The molecule has 0 aromatic carbocycles. The van der Waals surface area contributed by atoms with Gasteiger partial charge in [-0.25, -0.2) is 4.98 Å². The second-order valence-electron chi connectivity index (χ2n) is 4.27. The Labute approximate surface area is 110 Å². The van der Waals surface area contributed by atoms with Crippen molar-refractivity contribution in [3.8, 4) is 0 Å². The van der Waals surface area contributed by atoms with Crippen molar-refractivity contribution in [3.05, 3.63) is 21.6 Å². The second kappa shape index (κ2) is 6.46. The Kier molecular flexibility index (Phi) is 5.24. The maximum atomic E-state index is 10.8. The number of rotatable bonds is 6. The molecule has 0 aliphatic carbocycles. The van der Waals surface area contributed by atoms with Gasteiger partial charge in [0, 0.05) is 6.04 Å². The summed E-state index contributed by atoms with van der Waals surface area (Å²) >= 11 is 5.64. The molecule has 1 aromatic rings. The quantitative estimate of drug-likeness (QED) is 0.483. The van der Waals surface area contributed by atoms with E-state index in [1.807, 2.05) is 25.9 Å². The summed E-state index contributed by atoms with van der Waals surface area (Å²) < 4.78 is 0. The highest BCUT2D eigenvalue weighted by atomic mass is 35.5. The molecule has 0 saturated carbocycles. The number of nitrogens with zero attached hydrogens (tertiary/aromatic N) is 4. The van der Waals surface area contributed by atoms with Gasteiger partial charge in [0.15, 0.2) is 0 Å². The predicted molar refractivity (Wildman–Crippen MR) is 70.0 cm³/mol. The van der Waals surface area contributed by atoms with Gasteiger partial charge in [0.05, 0.1) is 4.92 Å². The number of hydrogen-bond donors (Lipinski definition) is 1. The van der Waals surface area contributed by atoms with Crippen LogP contribution in [0.4, 0.5) is 11.5 Å². The van der Waals surface area contributed by atoms with E-state index in [0.717, 1.165) is 19.2 Å². The van der Waals surface area contributed by atoms with E-state index in [1.54, 1.807) is 0 Å². The zero-order valence-corrected chi connectivity index (χ0v) is 11.3. The Hall–Kier alpha value is -1.47. The molecule has 1 atom stereocenters. The van der Waals surface area contributed by atoms with Gasteiger partial charge in [0.2, 0.25) is 11.1 Å². The van der Waals surface area contributed by atoms with Crippen LogP contribution in [0.15, 0.2) is 6.20 Å². The molecular formula is C10H16ClN5O2. The molecule has 0 aliphatic heterocycles. The van der Waals surface area contributed by atoms with E-state index in [1.165, 1.54) is 0 Å². The van der Waals surface area contributed by atoms with Crippen LogP contribution in [-0.4, -0.2) is 46.5 Å². The Morgan fingerprint density at radius 2 is 2.28 bits per heavy atom.